The second kappa shape index (κ2) is 6.02. The molecule has 1 aliphatic heterocycles. The van der Waals surface area contributed by atoms with Crippen molar-refractivity contribution in [2.75, 3.05) is 0 Å². The summed E-state index contributed by atoms with van der Waals surface area (Å²) in [5.74, 6) is 1.19. The van der Waals surface area contributed by atoms with Gasteiger partial charge in [0.2, 0.25) is 0 Å². The van der Waals surface area contributed by atoms with E-state index in [2.05, 4.69) is 25.9 Å². The largest absolute Gasteiger partial charge is 0.392 e. The first kappa shape index (κ1) is 13.8. The number of allylic oxidation sites excluding steroid dienone is 1. The fraction of sp³-hybridized carbons (Fsp3) is 0.438. The Balaban J connectivity index is 2.37. The summed E-state index contributed by atoms with van der Waals surface area (Å²) in [4.78, 5) is 5.67. The second-order valence-corrected chi connectivity index (χ2v) is 5.25. The molecule has 0 aromatic heterocycles. The van der Waals surface area contributed by atoms with Crippen LogP contribution in [0.15, 0.2) is 35.0 Å². The van der Waals surface area contributed by atoms with Crippen molar-refractivity contribution in [3.05, 3.63) is 41.0 Å². The molecule has 0 radical (unpaired) electrons. The first-order valence-electron chi connectivity index (χ1n) is 6.76. The van der Waals surface area contributed by atoms with Crippen molar-refractivity contribution in [1.82, 2.24) is 0 Å². The zero-order valence-electron chi connectivity index (χ0n) is 11.8. The fourth-order valence-electron chi connectivity index (χ4n) is 2.21. The minimum Gasteiger partial charge on any atom is -0.392 e. The SMILES string of the molecule is CC1=C(c2ccccc2CO)ON=C(C(C)C)CC1. The van der Waals surface area contributed by atoms with Gasteiger partial charge in [-0.15, -0.1) is 0 Å². The summed E-state index contributed by atoms with van der Waals surface area (Å²) in [6.07, 6.45) is 1.89. The van der Waals surface area contributed by atoms with Crippen molar-refractivity contribution in [2.45, 2.75) is 40.2 Å². The van der Waals surface area contributed by atoms with Gasteiger partial charge in [-0.05, 0) is 36.8 Å². The molecule has 1 N–H and O–H groups in total. The van der Waals surface area contributed by atoms with Gasteiger partial charge in [-0.2, -0.15) is 0 Å². The molecule has 0 amide bonds. The average molecular weight is 259 g/mol. The molecule has 0 unspecified atom stereocenters. The minimum atomic E-state index is 0.0110. The molecule has 0 atom stereocenters. The summed E-state index contributed by atoms with van der Waals surface area (Å²) in [7, 11) is 0. The Morgan fingerprint density at radius 1 is 1.26 bits per heavy atom. The summed E-state index contributed by atoms with van der Waals surface area (Å²) in [5.41, 5.74) is 4.09. The highest BCUT2D eigenvalue weighted by atomic mass is 16.6. The van der Waals surface area contributed by atoms with Gasteiger partial charge in [0, 0.05) is 5.56 Å². The van der Waals surface area contributed by atoms with Gasteiger partial charge < -0.3 is 9.94 Å². The van der Waals surface area contributed by atoms with E-state index in [0.717, 1.165) is 35.4 Å². The maximum atomic E-state index is 9.43. The van der Waals surface area contributed by atoms with Gasteiger partial charge in [-0.1, -0.05) is 43.3 Å². The lowest BCUT2D eigenvalue weighted by atomic mass is 9.98. The Kier molecular flexibility index (Phi) is 4.38. The molecule has 0 bridgehead atoms. The molecule has 1 aliphatic rings. The van der Waals surface area contributed by atoms with E-state index < -0.39 is 0 Å². The highest BCUT2D eigenvalue weighted by Crippen LogP contribution is 2.29. The van der Waals surface area contributed by atoms with Gasteiger partial charge in [0.15, 0.2) is 5.76 Å². The van der Waals surface area contributed by atoms with Crippen molar-refractivity contribution in [1.29, 1.82) is 0 Å². The third kappa shape index (κ3) is 3.04. The number of oxime groups is 1. The van der Waals surface area contributed by atoms with Gasteiger partial charge in [0.25, 0.3) is 0 Å². The lowest BCUT2D eigenvalue weighted by Crippen LogP contribution is -2.06. The minimum absolute atomic E-state index is 0.0110. The first-order valence-corrected chi connectivity index (χ1v) is 6.76. The smallest absolute Gasteiger partial charge is 0.164 e. The van der Waals surface area contributed by atoms with Crippen molar-refractivity contribution >= 4 is 11.5 Å². The van der Waals surface area contributed by atoms with Gasteiger partial charge in [0.1, 0.15) is 0 Å². The number of aliphatic hydroxyl groups is 1. The van der Waals surface area contributed by atoms with Crippen LogP contribution in [0.5, 0.6) is 0 Å². The molecule has 0 saturated carbocycles. The van der Waals surface area contributed by atoms with Gasteiger partial charge in [-0.25, -0.2) is 0 Å². The molecule has 0 spiro atoms. The molecular weight excluding hydrogens is 238 g/mol. The topological polar surface area (TPSA) is 41.8 Å². The molecule has 0 saturated heterocycles. The van der Waals surface area contributed by atoms with Crippen LogP contribution in [0.3, 0.4) is 0 Å². The third-order valence-electron chi connectivity index (χ3n) is 3.50. The van der Waals surface area contributed by atoms with Crippen molar-refractivity contribution in [3.8, 4) is 0 Å². The average Bonchev–Trinajstić information content (AvgIpc) is 2.61. The molecular formula is C16H21NO2. The Morgan fingerprint density at radius 2 is 2.00 bits per heavy atom. The zero-order valence-corrected chi connectivity index (χ0v) is 11.8. The van der Waals surface area contributed by atoms with Gasteiger partial charge in [0.05, 0.1) is 12.3 Å². The van der Waals surface area contributed by atoms with E-state index in [1.807, 2.05) is 24.3 Å². The molecule has 1 aromatic carbocycles. The molecule has 2 rings (SSSR count). The lowest BCUT2D eigenvalue weighted by Gasteiger charge is -2.11. The normalized spacial score (nSPS) is 16.2. The number of aliphatic hydroxyl groups excluding tert-OH is 1. The van der Waals surface area contributed by atoms with E-state index in [-0.39, 0.29) is 6.61 Å². The fourth-order valence-corrected chi connectivity index (χ4v) is 2.21. The number of rotatable bonds is 3. The number of hydrogen-bond donors (Lipinski definition) is 1. The summed E-state index contributed by atoms with van der Waals surface area (Å²) in [6.45, 7) is 6.34. The molecule has 1 heterocycles. The Morgan fingerprint density at radius 3 is 2.68 bits per heavy atom. The molecule has 3 nitrogen and oxygen atoms in total. The van der Waals surface area contributed by atoms with Crippen LogP contribution in [0, 0.1) is 5.92 Å². The number of benzene rings is 1. The monoisotopic (exact) mass is 259 g/mol. The van der Waals surface area contributed by atoms with E-state index in [1.54, 1.807) is 0 Å². The summed E-state index contributed by atoms with van der Waals surface area (Å²) >= 11 is 0. The Hall–Kier alpha value is -1.61. The summed E-state index contributed by atoms with van der Waals surface area (Å²) in [5, 5.41) is 13.7. The number of nitrogens with zero attached hydrogens (tertiary/aromatic N) is 1. The predicted octanol–water partition coefficient (Wildman–Crippen LogP) is 3.73. The Labute approximate surface area is 114 Å². The van der Waals surface area contributed by atoms with Crippen LogP contribution in [0.4, 0.5) is 0 Å². The predicted molar refractivity (Wildman–Crippen MR) is 77.6 cm³/mol. The Bertz CT molecular complexity index is 515. The lowest BCUT2D eigenvalue weighted by molar-refractivity contribution is 0.275. The number of hydrogen-bond acceptors (Lipinski definition) is 3. The third-order valence-corrected chi connectivity index (χ3v) is 3.50. The van der Waals surface area contributed by atoms with E-state index in [1.165, 1.54) is 5.57 Å². The van der Waals surface area contributed by atoms with E-state index in [9.17, 15) is 5.11 Å². The van der Waals surface area contributed by atoms with Crippen LogP contribution in [-0.4, -0.2) is 10.8 Å². The first-order chi connectivity index (χ1) is 9.13. The van der Waals surface area contributed by atoms with Gasteiger partial charge >= 0.3 is 0 Å². The van der Waals surface area contributed by atoms with Crippen LogP contribution in [-0.2, 0) is 11.4 Å². The van der Waals surface area contributed by atoms with Crippen LogP contribution >= 0.6 is 0 Å². The molecule has 0 aliphatic carbocycles. The molecule has 1 aromatic rings. The highest BCUT2D eigenvalue weighted by Gasteiger charge is 2.17. The van der Waals surface area contributed by atoms with E-state index in [0.29, 0.717) is 5.92 Å². The van der Waals surface area contributed by atoms with Crippen LogP contribution in [0.2, 0.25) is 0 Å². The summed E-state index contributed by atoms with van der Waals surface area (Å²) < 4.78 is 0. The van der Waals surface area contributed by atoms with Gasteiger partial charge in [-0.3, -0.25) is 0 Å². The maximum Gasteiger partial charge on any atom is 0.164 e. The summed E-state index contributed by atoms with van der Waals surface area (Å²) in [6, 6.07) is 7.76. The van der Waals surface area contributed by atoms with Crippen molar-refractivity contribution < 1.29 is 9.94 Å². The molecule has 19 heavy (non-hydrogen) atoms. The second-order valence-electron chi connectivity index (χ2n) is 5.25. The van der Waals surface area contributed by atoms with E-state index in [4.69, 9.17) is 4.84 Å². The van der Waals surface area contributed by atoms with Crippen molar-refractivity contribution in [2.24, 2.45) is 11.1 Å². The molecule has 3 heteroatoms. The van der Waals surface area contributed by atoms with Crippen LogP contribution in [0.25, 0.3) is 5.76 Å². The zero-order chi connectivity index (χ0) is 13.8. The highest BCUT2D eigenvalue weighted by molar-refractivity contribution is 5.87. The van der Waals surface area contributed by atoms with Crippen LogP contribution in [0.1, 0.15) is 44.7 Å². The molecule has 0 fully saturated rings. The van der Waals surface area contributed by atoms with Crippen LogP contribution < -0.4 is 0 Å². The standard InChI is InChI=1S/C16H21NO2/c1-11(2)15-9-8-12(3)16(19-17-15)14-7-5-4-6-13(14)10-18/h4-7,11,18H,8-10H2,1-3H3. The van der Waals surface area contributed by atoms with Crippen molar-refractivity contribution in [3.63, 3.8) is 0 Å². The molecule has 102 valence electrons. The maximum absolute atomic E-state index is 9.43. The van der Waals surface area contributed by atoms with E-state index >= 15 is 0 Å². The quantitative estimate of drug-likeness (QED) is 0.898.